The zero-order chi connectivity index (χ0) is 12.4. The normalized spacial score (nSPS) is 10.7. The molecule has 2 aromatic rings. The molecule has 0 aliphatic carbocycles. The summed E-state index contributed by atoms with van der Waals surface area (Å²) in [6.45, 7) is 0.527. The summed E-state index contributed by atoms with van der Waals surface area (Å²) in [6.07, 6.45) is 5.79. The summed E-state index contributed by atoms with van der Waals surface area (Å²) in [7, 11) is 1.83. The lowest BCUT2D eigenvalue weighted by Crippen LogP contribution is -2.02. The first-order valence-electron chi connectivity index (χ1n) is 4.91. The standard InChI is InChI=1S/C9H10ClN5O2/c1-13-5-7(4-11-13)2-3-14-6-8(10)9(12-14)15(16)17/h4-6H,2-3H2,1H3. The zero-order valence-corrected chi connectivity index (χ0v) is 9.83. The topological polar surface area (TPSA) is 78.8 Å². The van der Waals surface area contributed by atoms with Crippen LogP contribution in [-0.2, 0) is 20.0 Å². The van der Waals surface area contributed by atoms with Crippen LogP contribution in [0.3, 0.4) is 0 Å². The number of aromatic nitrogens is 4. The van der Waals surface area contributed by atoms with E-state index in [4.69, 9.17) is 11.6 Å². The van der Waals surface area contributed by atoms with Crippen LogP contribution in [0.5, 0.6) is 0 Å². The zero-order valence-electron chi connectivity index (χ0n) is 9.08. The summed E-state index contributed by atoms with van der Waals surface area (Å²) in [5.74, 6) is -0.308. The van der Waals surface area contributed by atoms with Crippen LogP contribution in [0.4, 0.5) is 5.82 Å². The number of rotatable bonds is 4. The molecular formula is C9H10ClN5O2. The highest BCUT2D eigenvalue weighted by atomic mass is 35.5. The van der Waals surface area contributed by atoms with Gasteiger partial charge in [0, 0.05) is 13.2 Å². The largest absolute Gasteiger partial charge is 0.408 e. The third-order valence-corrected chi connectivity index (χ3v) is 2.53. The van der Waals surface area contributed by atoms with E-state index in [1.807, 2.05) is 13.2 Å². The van der Waals surface area contributed by atoms with Crippen molar-refractivity contribution in [3.63, 3.8) is 0 Å². The molecule has 0 amide bonds. The summed E-state index contributed by atoms with van der Waals surface area (Å²) < 4.78 is 3.17. The van der Waals surface area contributed by atoms with E-state index >= 15 is 0 Å². The highest BCUT2D eigenvalue weighted by Crippen LogP contribution is 2.21. The van der Waals surface area contributed by atoms with E-state index in [1.165, 1.54) is 10.9 Å². The quantitative estimate of drug-likeness (QED) is 0.611. The van der Waals surface area contributed by atoms with Crippen LogP contribution in [0.25, 0.3) is 0 Å². The lowest BCUT2D eigenvalue weighted by atomic mass is 10.2. The van der Waals surface area contributed by atoms with Gasteiger partial charge in [-0.3, -0.25) is 4.68 Å². The van der Waals surface area contributed by atoms with Gasteiger partial charge in [0.1, 0.15) is 0 Å². The van der Waals surface area contributed by atoms with Gasteiger partial charge in [-0.25, -0.2) is 0 Å². The van der Waals surface area contributed by atoms with Crippen molar-refractivity contribution in [1.82, 2.24) is 19.6 Å². The molecule has 0 N–H and O–H groups in total. The minimum Gasteiger partial charge on any atom is -0.358 e. The molecule has 0 fully saturated rings. The first kappa shape index (κ1) is 11.6. The van der Waals surface area contributed by atoms with Crippen LogP contribution in [0.1, 0.15) is 5.56 Å². The Labute approximate surface area is 102 Å². The molecule has 2 aromatic heterocycles. The van der Waals surface area contributed by atoms with E-state index in [1.54, 1.807) is 10.9 Å². The van der Waals surface area contributed by atoms with Crippen molar-refractivity contribution >= 4 is 17.4 Å². The van der Waals surface area contributed by atoms with Crippen molar-refractivity contribution < 1.29 is 4.92 Å². The average molecular weight is 256 g/mol. The summed E-state index contributed by atoms with van der Waals surface area (Å²) in [6, 6.07) is 0. The van der Waals surface area contributed by atoms with Gasteiger partial charge in [-0.1, -0.05) is 11.6 Å². The SMILES string of the molecule is Cn1cc(CCn2cc(Cl)c([N+](=O)[O-])n2)cn1. The van der Waals surface area contributed by atoms with E-state index in [2.05, 4.69) is 10.2 Å². The van der Waals surface area contributed by atoms with Crippen molar-refractivity contribution in [3.05, 3.63) is 39.3 Å². The fourth-order valence-electron chi connectivity index (χ4n) is 1.47. The Balaban J connectivity index is 2.04. The molecule has 0 bridgehead atoms. The molecule has 2 heterocycles. The van der Waals surface area contributed by atoms with Crippen LogP contribution in [0, 0.1) is 10.1 Å². The van der Waals surface area contributed by atoms with Crippen molar-refractivity contribution in [2.45, 2.75) is 13.0 Å². The number of nitro groups is 1. The van der Waals surface area contributed by atoms with Crippen molar-refractivity contribution in [2.75, 3.05) is 0 Å². The molecule has 0 saturated carbocycles. The number of hydrogen-bond acceptors (Lipinski definition) is 4. The highest BCUT2D eigenvalue weighted by Gasteiger charge is 2.18. The molecule has 8 heteroatoms. The Kier molecular flexibility index (Phi) is 3.10. The molecule has 0 unspecified atom stereocenters. The molecule has 0 atom stereocenters. The summed E-state index contributed by atoms with van der Waals surface area (Å²) in [5.41, 5.74) is 1.04. The first-order chi connectivity index (χ1) is 8.06. The molecule has 0 radical (unpaired) electrons. The molecule has 0 spiro atoms. The lowest BCUT2D eigenvalue weighted by Gasteiger charge is -1.93. The van der Waals surface area contributed by atoms with Crippen molar-refractivity contribution in [3.8, 4) is 0 Å². The summed E-state index contributed by atoms with van der Waals surface area (Å²) in [4.78, 5) is 9.95. The van der Waals surface area contributed by atoms with Gasteiger partial charge in [-0.2, -0.15) is 9.78 Å². The number of hydrogen-bond donors (Lipinski definition) is 0. The molecule has 2 rings (SSSR count). The maximum Gasteiger partial charge on any atom is 0.408 e. The van der Waals surface area contributed by atoms with Gasteiger partial charge in [-0.15, -0.1) is 0 Å². The average Bonchev–Trinajstić information content (AvgIpc) is 2.82. The number of nitrogens with zero attached hydrogens (tertiary/aromatic N) is 5. The van der Waals surface area contributed by atoms with Gasteiger partial charge < -0.3 is 10.1 Å². The smallest absolute Gasteiger partial charge is 0.358 e. The lowest BCUT2D eigenvalue weighted by molar-refractivity contribution is -0.389. The number of aryl methyl sites for hydroxylation is 3. The van der Waals surface area contributed by atoms with E-state index in [0.717, 1.165) is 5.56 Å². The molecule has 90 valence electrons. The van der Waals surface area contributed by atoms with Gasteiger partial charge in [0.25, 0.3) is 0 Å². The van der Waals surface area contributed by atoms with Gasteiger partial charge in [-0.05, 0) is 16.9 Å². The minimum absolute atomic E-state index is 0.0567. The maximum absolute atomic E-state index is 10.5. The van der Waals surface area contributed by atoms with Crippen LogP contribution in [-0.4, -0.2) is 24.5 Å². The van der Waals surface area contributed by atoms with Gasteiger partial charge in [0.05, 0.1) is 24.0 Å². The Hall–Kier alpha value is -1.89. The van der Waals surface area contributed by atoms with Crippen LogP contribution >= 0.6 is 11.6 Å². The molecular weight excluding hydrogens is 246 g/mol. The van der Waals surface area contributed by atoms with E-state index < -0.39 is 4.92 Å². The Bertz CT molecular complexity index is 547. The van der Waals surface area contributed by atoms with E-state index in [9.17, 15) is 10.1 Å². The fourth-order valence-corrected chi connectivity index (χ4v) is 1.69. The third-order valence-electron chi connectivity index (χ3n) is 2.26. The van der Waals surface area contributed by atoms with E-state index in [0.29, 0.717) is 13.0 Å². The molecule has 17 heavy (non-hydrogen) atoms. The maximum atomic E-state index is 10.5. The molecule has 0 saturated heterocycles. The minimum atomic E-state index is -0.594. The predicted octanol–water partition coefficient (Wildman–Crippen LogP) is 1.42. The molecule has 0 aliphatic heterocycles. The van der Waals surface area contributed by atoms with Gasteiger partial charge in [0.15, 0.2) is 5.02 Å². The van der Waals surface area contributed by atoms with Crippen LogP contribution in [0.2, 0.25) is 5.02 Å². The second-order valence-electron chi connectivity index (χ2n) is 3.59. The van der Waals surface area contributed by atoms with Gasteiger partial charge in [0.2, 0.25) is 0 Å². The second-order valence-corrected chi connectivity index (χ2v) is 4.00. The Morgan fingerprint density at radius 1 is 1.53 bits per heavy atom. The highest BCUT2D eigenvalue weighted by molar-refractivity contribution is 6.32. The van der Waals surface area contributed by atoms with Crippen LogP contribution in [0.15, 0.2) is 18.6 Å². The molecule has 0 aliphatic rings. The van der Waals surface area contributed by atoms with Gasteiger partial charge >= 0.3 is 5.82 Å². The Morgan fingerprint density at radius 2 is 2.29 bits per heavy atom. The number of halogens is 1. The first-order valence-corrected chi connectivity index (χ1v) is 5.29. The molecule has 7 nitrogen and oxygen atoms in total. The van der Waals surface area contributed by atoms with Crippen molar-refractivity contribution in [1.29, 1.82) is 0 Å². The fraction of sp³-hybridized carbons (Fsp3) is 0.333. The second kappa shape index (κ2) is 4.54. The third kappa shape index (κ3) is 2.62. The summed E-state index contributed by atoms with van der Waals surface area (Å²) in [5, 5.41) is 18.4. The van der Waals surface area contributed by atoms with E-state index in [-0.39, 0.29) is 10.8 Å². The predicted molar refractivity (Wildman–Crippen MR) is 60.8 cm³/mol. The summed E-state index contributed by atoms with van der Waals surface area (Å²) >= 11 is 5.68. The monoisotopic (exact) mass is 255 g/mol. The van der Waals surface area contributed by atoms with Crippen LogP contribution < -0.4 is 0 Å². The van der Waals surface area contributed by atoms with Crippen molar-refractivity contribution in [2.24, 2.45) is 7.05 Å². The molecule has 0 aromatic carbocycles. The Morgan fingerprint density at radius 3 is 2.82 bits per heavy atom.